The quantitative estimate of drug-likeness (QED) is 0.911. The zero-order chi connectivity index (χ0) is 13.7. The molecule has 0 aromatic heterocycles. The Bertz CT molecular complexity index is 540. The lowest BCUT2D eigenvalue weighted by Gasteiger charge is -2.11. The summed E-state index contributed by atoms with van der Waals surface area (Å²) in [5.41, 5.74) is 7.54. The van der Waals surface area contributed by atoms with Gasteiger partial charge >= 0.3 is 0 Å². The Morgan fingerprint density at radius 2 is 1.84 bits per heavy atom. The van der Waals surface area contributed by atoms with Gasteiger partial charge in [0, 0.05) is 17.1 Å². The van der Waals surface area contributed by atoms with Crippen molar-refractivity contribution in [3.8, 4) is 11.5 Å². The molecule has 2 rings (SSSR count). The van der Waals surface area contributed by atoms with Crippen molar-refractivity contribution < 1.29 is 9.47 Å². The Morgan fingerprint density at radius 1 is 1.11 bits per heavy atom. The highest BCUT2D eigenvalue weighted by atomic mass is 35.5. The van der Waals surface area contributed by atoms with E-state index in [9.17, 15) is 0 Å². The maximum atomic E-state index is 5.97. The Hall–Kier alpha value is -1.71. The molecule has 0 aliphatic carbocycles. The summed E-state index contributed by atoms with van der Waals surface area (Å²) < 4.78 is 11.0. The van der Waals surface area contributed by atoms with Crippen molar-refractivity contribution in [2.45, 2.75) is 13.2 Å². The fourth-order valence-corrected chi connectivity index (χ4v) is 1.94. The van der Waals surface area contributed by atoms with Gasteiger partial charge in [-0.2, -0.15) is 0 Å². The first-order valence-corrected chi connectivity index (χ1v) is 6.35. The third-order valence-corrected chi connectivity index (χ3v) is 3.03. The van der Waals surface area contributed by atoms with Gasteiger partial charge in [0.2, 0.25) is 0 Å². The van der Waals surface area contributed by atoms with Gasteiger partial charge in [-0.15, -0.1) is 0 Å². The van der Waals surface area contributed by atoms with Gasteiger partial charge in [0.05, 0.1) is 7.11 Å². The molecule has 19 heavy (non-hydrogen) atoms. The van der Waals surface area contributed by atoms with Crippen LogP contribution in [0.5, 0.6) is 11.5 Å². The summed E-state index contributed by atoms with van der Waals surface area (Å²) in [7, 11) is 1.63. The topological polar surface area (TPSA) is 44.5 Å². The largest absolute Gasteiger partial charge is 0.496 e. The molecule has 3 nitrogen and oxygen atoms in total. The van der Waals surface area contributed by atoms with Gasteiger partial charge in [-0.05, 0) is 35.9 Å². The molecule has 2 N–H and O–H groups in total. The molecule has 0 fully saturated rings. The first kappa shape index (κ1) is 13.7. The maximum absolute atomic E-state index is 5.97. The van der Waals surface area contributed by atoms with E-state index in [0.717, 1.165) is 22.6 Å². The Labute approximate surface area is 117 Å². The maximum Gasteiger partial charge on any atom is 0.125 e. The predicted octanol–water partition coefficient (Wildman–Crippen LogP) is 3.39. The van der Waals surface area contributed by atoms with Crippen molar-refractivity contribution in [3.05, 3.63) is 58.6 Å². The summed E-state index contributed by atoms with van der Waals surface area (Å²) in [4.78, 5) is 0. The van der Waals surface area contributed by atoms with Crippen LogP contribution < -0.4 is 15.2 Å². The number of methoxy groups -OCH3 is 1. The summed E-state index contributed by atoms with van der Waals surface area (Å²) in [5.74, 6) is 1.56. The van der Waals surface area contributed by atoms with Gasteiger partial charge in [-0.3, -0.25) is 0 Å². The molecular formula is C15H16ClNO2. The normalized spacial score (nSPS) is 10.3. The monoisotopic (exact) mass is 277 g/mol. The number of hydrogen-bond acceptors (Lipinski definition) is 3. The molecule has 2 aromatic carbocycles. The third kappa shape index (κ3) is 3.63. The highest BCUT2D eigenvalue weighted by molar-refractivity contribution is 6.30. The molecule has 0 spiro atoms. The number of rotatable bonds is 5. The number of nitrogens with two attached hydrogens (primary N) is 1. The standard InChI is InChI=1S/C15H16ClNO2/c1-18-15-7-4-13(16)8-12(15)10-19-14-5-2-11(9-17)3-6-14/h2-8H,9-10,17H2,1H3. The summed E-state index contributed by atoms with van der Waals surface area (Å²) in [6.45, 7) is 0.939. The van der Waals surface area contributed by atoms with Crippen LogP contribution in [-0.2, 0) is 13.2 Å². The summed E-state index contributed by atoms with van der Waals surface area (Å²) in [6, 6.07) is 13.2. The van der Waals surface area contributed by atoms with Crippen LogP contribution in [0, 0.1) is 0 Å². The molecule has 0 saturated carbocycles. The minimum atomic E-state index is 0.408. The summed E-state index contributed by atoms with van der Waals surface area (Å²) >= 11 is 5.97. The minimum Gasteiger partial charge on any atom is -0.496 e. The van der Waals surface area contributed by atoms with E-state index < -0.39 is 0 Å². The molecule has 0 aliphatic rings. The van der Waals surface area contributed by atoms with E-state index in [1.165, 1.54) is 0 Å². The molecule has 0 heterocycles. The van der Waals surface area contributed by atoms with Crippen molar-refractivity contribution in [1.82, 2.24) is 0 Å². The van der Waals surface area contributed by atoms with E-state index in [4.69, 9.17) is 26.8 Å². The van der Waals surface area contributed by atoms with Gasteiger partial charge in [0.1, 0.15) is 18.1 Å². The number of ether oxygens (including phenoxy) is 2. The van der Waals surface area contributed by atoms with Gasteiger partial charge in [-0.1, -0.05) is 23.7 Å². The third-order valence-electron chi connectivity index (χ3n) is 2.80. The average Bonchev–Trinajstić information content (AvgIpc) is 2.46. The highest BCUT2D eigenvalue weighted by Gasteiger charge is 2.05. The molecule has 0 radical (unpaired) electrons. The van der Waals surface area contributed by atoms with Crippen LogP contribution in [-0.4, -0.2) is 7.11 Å². The predicted molar refractivity (Wildman–Crippen MR) is 76.7 cm³/mol. The molecule has 0 saturated heterocycles. The van der Waals surface area contributed by atoms with E-state index in [2.05, 4.69) is 0 Å². The first-order valence-electron chi connectivity index (χ1n) is 5.97. The summed E-state index contributed by atoms with van der Waals surface area (Å²) in [6.07, 6.45) is 0. The average molecular weight is 278 g/mol. The molecule has 4 heteroatoms. The van der Waals surface area contributed by atoms with Crippen molar-refractivity contribution in [3.63, 3.8) is 0 Å². The van der Waals surface area contributed by atoms with E-state index in [-0.39, 0.29) is 0 Å². The number of hydrogen-bond donors (Lipinski definition) is 1. The molecule has 2 aromatic rings. The van der Waals surface area contributed by atoms with Crippen LogP contribution in [0.1, 0.15) is 11.1 Å². The Morgan fingerprint density at radius 3 is 2.47 bits per heavy atom. The van der Waals surface area contributed by atoms with E-state index in [0.29, 0.717) is 18.2 Å². The van der Waals surface area contributed by atoms with Crippen molar-refractivity contribution in [2.24, 2.45) is 5.73 Å². The number of benzene rings is 2. The molecule has 0 aliphatic heterocycles. The second kappa shape index (κ2) is 6.45. The van der Waals surface area contributed by atoms with Crippen LogP contribution >= 0.6 is 11.6 Å². The lowest BCUT2D eigenvalue weighted by molar-refractivity contribution is 0.296. The molecule has 0 amide bonds. The fraction of sp³-hybridized carbons (Fsp3) is 0.200. The van der Waals surface area contributed by atoms with Gasteiger partial charge < -0.3 is 15.2 Å². The summed E-state index contributed by atoms with van der Waals surface area (Å²) in [5, 5.41) is 0.665. The zero-order valence-electron chi connectivity index (χ0n) is 10.7. The van der Waals surface area contributed by atoms with Gasteiger partial charge in [0.15, 0.2) is 0 Å². The molecular weight excluding hydrogens is 262 g/mol. The molecule has 0 bridgehead atoms. The first-order chi connectivity index (χ1) is 9.22. The van der Waals surface area contributed by atoms with E-state index >= 15 is 0 Å². The molecule has 0 atom stereocenters. The second-order valence-corrected chi connectivity index (χ2v) is 4.53. The number of halogens is 1. The van der Waals surface area contributed by atoms with Crippen molar-refractivity contribution >= 4 is 11.6 Å². The zero-order valence-corrected chi connectivity index (χ0v) is 11.5. The lowest BCUT2D eigenvalue weighted by atomic mass is 10.2. The van der Waals surface area contributed by atoms with E-state index in [1.807, 2.05) is 36.4 Å². The van der Waals surface area contributed by atoms with Crippen molar-refractivity contribution in [1.29, 1.82) is 0 Å². The highest BCUT2D eigenvalue weighted by Crippen LogP contribution is 2.24. The Kier molecular flexibility index (Phi) is 4.66. The van der Waals surface area contributed by atoms with Crippen molar-refractivity contribution in [2.75, 3.05) is 7.11 Å². The molecule has 100 valence electrons. The Balaban J connectivity index is 2.07. The lowest BCUT2D eigenvalue weighted by Crippen LogP contribution is -1.99. The van der Waals surface area contributed by atoms with E-state index in [1.54, 1.807) is 13.2 Å². The van der Waals surface area contributed by atoms with Gasteiger partial charge in [0.25, 0.3) is 0 Å². The SMILES string of the molecule is COc1ccc(Cl)cc1COc1ccc(CN)cc1. The van der Waals surface area contributed by atoms with Gasteiger partial charge in [-0.25, -0.2) is 0 Å². The smallest absolute Gasteiger partial charge is 0.125 e. The van der Waals surface area contributed by atoms with Crippen LogP contribution in [0.15, 0.2) is 42.5 Å². The van der Waals surface area contributed by atoms with Crippen LogP contribution in [0.4, 0.5) is 0 Å². The fourth-order valence-electron chi connectivity index (χ4n) is 1.74. The minimum absolute atomic E-state index is 0.408. The van der Waals surface area contributed by atoms with Crippen LogP contribution in [0.25, 0.3) is 0 Å². The second-order valence-electron chi connectivity index (χ2n) is 4.09. The van der Waals surface area contributed by atoms with Crippen LogP contribution in [0.3, 0.4) is 0 Å². The molecule has 0 unspecified atom stereocenters. The van der Waals surface area contributed by atoms with Crippen LogP contribution in [0.2, 0.25) is 5.02 Å².